The maximum Gasteiger partial charge on any atom is 0.00826 e. The van der Waals surface area contributed by atoms with Crippen LogP contribution in [0.1, 0.15) is 0 Å². The van der Waals surface area contributed by atoms with E-state index < -0.39 is 8.75 Å². The number of hydrogen-bond acceptors (Lipinski definition) is 0. The topological polar surface area (TPSA) is 0 Å². The minimum Gasteiger partial charge on any atom is -0.171 e. The molecule has 0 saturated carbocycles. The van der Waals surface area contributed by atoms with E-state index in [1.54, 1.807) is 9.79 Å². The highest BCUT2D eigenvalue weighted by Crippen LogP contribution is 2.88. The van der Waals surface area contributed by atoms with E-state index in [1.165, 1.54) is 21.8 Å². The predicted molar refractivity (Wildman–Crippen MR) is 91.6 cm³/mol. The third kappa shape index (κ3) is 1.14. The predicted octanol–water partition coefficient (Wildman–Crippen LogP) is 5.30. The Balaban J connectivity index is 2.01. The number of rotatable bonds is 1. The Kier molecular flexibility index (Phi) is 1.95. The quantitative estimate of drug-likeness (QED) is 0.533. The van der Waals surface area contributed by atoms with Crippen LogP contribution in [0.4, 0.5) is 0 Å². The highest BCUT2D eigenvalue weighted by atomic mass is 32.3. The Labute approximate surface area is 124 Å². The van der Waals surface area contributed by atoms with E-state index in [0.717, 1.165) is 0 Å². The van der Waals surface area contributed by atoms with Gasteiger partial charge < -0.3 is 0 Å². The van der Waals surface area contributed by atoms with Gasteiger partial charge in [0.1, 0.15) is 0 Å². The lowest BCUT2D eigenvalue weighted by Crippen LogP contribution is -1.97. The first-order valence-corrected chi connectivity index (χ1v) is 9.63. The first-order valence-electron chi connectivity index (χ1n) is 7.36. The second kappa shape index (κ2) is 3.55. The lowest BCUT2D eigenvalue weighted by Gasteiger charge is -2.36. The minimum atomic E-state index is -1.87. The van der Waals surface area contributed by atoms with Crippen LogP contribution in [-0.4, -0.2) is 11.1 Å². The molecule has 0 saturated heterocycles. The van der Waals surface area contributed by atoms with E-state index >= 15 is 0 Å². The van der Waals surface area contributed by atoms with Crippen LogP contribution in [0.5, 0.6) is 0 Å². The molecule has 0 amide bonds. The molecule has 1 spiro atoms. The van der Waals surface area contributed by atoms with Gasteiger partial charge in [-0.15, -0.1) is 0 Å². The fourth-order valence-electron chi connectivity index (χ4n) is 3.95. The Morgan fingerprint density at radius 2 is 1.05 bits per heavy atom. The van der Waals surface area contributed by atoms with Crippen molar-refractivity contribution in [3.8, 4) is 11.1 Å². The number of fused-ring (bicyclic) bond motifs is 5. The summed E-state index contributed by atoms with van der Waals surface area (Å²) in [7, 11) is -1.87. The van der Waals surface area contributed by atoms with Gasteiger partial charge in [0.05, 0.1) is 0 Å². The van der Waals surface area contributed by atoms with Crippen molar-refractivity contribution < 1.29 is 0 Å². The molecule has 1 heteroatoms. The molecule has 2 heterocycles. The average Bonchev–Trinajstić information content (AvgIpc) is 3.29. The monoisotopic (exact) mass is 288 g/mol. The molecular weight excluding hydrogens is 272 g/mol. The van der Waals surface area contributed by atoms with E-state index in [9.17, 15) is 0 Å². The van der Waals surface area contributed by atoms with Crippen LogP contribution in [0.25, 0.3) is 11.1 Å². The highest BCUT2D eigenvalue weighted by Gasteiger charge is 2.52. The van der Waals surface area contributed by atoms with Crippen molar-refractivity contribution in [3.63, 3.8) is 0 Å². The summed E-state index contributed by atoms with van der Waals surface area (Å²) in [5.41, 5.74) is 2.88. The molecule has 0 radical (unpaired) electrons. The lowest BCUT2D eigenvalue weighted by molar-refractivity contribution is 1.36. The molecule has 3 aromatic carbocycles. The summed E-state index contributed by atoms with van der Waals surface area (Å²) in [5, 5.41) is 2.59. The van der Waals surface area contributed by atoms with E-state index in [-0.39, 0.29) is 0 Å². The zero-order chi connectivity index (χ0) is 13.9. The molecule has 0 N–H and O–H groups in total. The molecule has 21 heavy (non-hydrogen) atoms. The molecule has 0 bridgehead atoms. The van der Waals surface area contributed by atoms with Crippen LogP contribution in [0.3, 0.4) is 0 Å². The minimum absolute atomic E-state index is 1.20. The van der Waals surface area contributed by atoms with Gasteiger partial charge in [0.2, 0.25) is 0 Å². The van der Waals surface area contributed by atoms with Gasteiger partial charge >= 0.3 is 0 Å². The molecule has 5 rings (SSSR count). The smallest absolute Gasteiger partial charge is 0.00826 e. The normalized spacial score (nSPS) is 20.7. The van der Waals surface area contributed by atoms with Gasteiger partial charge in [-0.2, -0.15) is 8.75 Å². The molecular formula is C20H16S. The molecule has 2 aliphatic heterocycles. The fraction of sp³-hybridized carbons (Fsp3) is 0.0500. The first kappa shape index (κ1) is 11.5. The van der Waals surface area contributed by atoms with Crippen molar-refractivity contribution in [2.24, 2.45) is 0 Å². The van der Waals surface area contributed by atoms with Crippen molar-refractivity contribution >= 4 is 14.1 Å². The maximum absolute atomic E-state index is 2.59. The van der Waals surface area contributed by atoms with Gasteiger partial charge in [-0.05, 0) is 40.3 Å². The third-order valence-corrected chi connectivity index (χ3v) is 10.4. The Morgan fingerprint density at radius 3 is 1.57 bits per heavy atom. The second-order valence-corrected chi connectivity index (χ2v) is 10.4. The summed E-state index contributed by atoms with van der Waals surface area (Å²) in [5.74, 6) is 1.20. The summed E-state index contributed by atoms with van der Waals surface area (Å²) in [4.78, 5) is 4.62. The standard InChI is InChI=1S/C20H16S/c1-2-8-16(9-3-1)21(14-15-21)19-12-6-4-10-17(19)18-11-5-7-13-20(18)21/h1-14H,15H2. The summed E-state index contributed by atoms with van der Waals surface area (Å²) < 4.78 is 0. The first-order chi connectivity index (χ1) is 10.4. The number of benzene rings is 3. The molecule has 102 valence electrons. The summed E-state index contributed by atoms with van der Waals surface area (Å²) >= 11 is 0. The van der Waals surface area contributed by atoms with E-state index in [4.69, 9.17) is 0 Å². The zero-order valence-corrected chi connectivity index (χ0v) is 12.5. The van der Waals surface area contributed by atoms with Crippen LogP contribution >= 0.6 is 8.75 Å². The Hall–Kier alpha value is -2.12. The van der Waals surface area contributed by atoms with Gasteiger partial charge in [0.15, 0.2) is 0 Å². The van der Waals surface area contributed by atoms with E-state index in [2.05, 4.69) is 84.2 Å². The second-order valence-electron chi connectivity index (χ2n) is 5.90. The van der Waals surface area contributed by atoms with Crippen molar-refractivity contribution in [2.75, 3.05) is 5.75 Å². The number of hydrogen-bond donors (Lipinski definition) is 0. The lowest BCUT2D eigenvalue weighted by atomic mass is 10.1. The van der Waals surface area contributed by atoms with Crippen LogP contribution in [-0.2, 0) is 0 Å². The van der Waals surface area contributed by atoms with Crippen molar-refractivity contribution in [3.05, 3.63) is 78.9 Å². The molecule has 0 aliphatic carbocycles. The fourth-order valence-corrected chi connectivity index (χ4v) is 9.53. The maximum atomic E-state index is 2.59. The van der Waals surface area contributed by atoms with Crippen LogP contribution in [0, 0.1) is 0 Å². The molecule has 0 atom stereocenters. The Morgan fingerprint density at radius 1 is 0.571 bits per heavy atom. The largest absolute Gasteiger partial charge is 0.171 e. The summed E-state index contributed by atoms with van der Waals surface area (Å²) in [6, 6.07) is 29.1. The highest BCUT2D eigenvalue weighted by molar-refractivity contribution is 8.54. The molecule has 0 unspecified atom stereocenters. The summed E-state index contributed by atoms with van der Waals surface area (Å²) in [6.07, 6.45) is 0. The molecule has 2 aliphatic rings. The van der Waals surface area contributed by atoms with Crippen LogP contribution < -0.4 is 0 Å². The van der Waals surface area contributed by atoms with Crippen molar-refractivity contribution in [1.29, 1.82) is 0 Å². The molecule has 3 aromatic rings. The SMILES string of the molecule is C1=S2(c3ccccc3)(C1)c1ccccc1-c1ccccc12. The van der Waals surface area contributed by atoms with Gasteiger partial charge in [0.25, 0.3) is 0 Å². The van der Waals surface area contributed by atoms with Gasteiger partial charge in [0, 0.05) is 15.5 Å². The van der Waals surface area contributed by atoms with Crippen molar-refractivity contribution in [2.45, 2.75) is 14.7 Å². The van der Waals surface area contributed by atoms with E-state index in [1.807, 2.05) is 0 Å². The molecule has 0 aromatic heterocycles. The van der Waals surface area contributed by atoms with Gasteiger partial charge in [-0.3, -0.25) is 0 Å². The molecule has 0 nitrogen and oxygen atoms in total. The van der Waals surface area contributed by atoms with Crippen molar-refractivity contribution in [1.82, 2.24) is 0 Å². The van der Waals surface area contributed by atoms with Gasteiger partial charge in [-0.25, -0.2) is 0 Å². The average molecular weight is 288 g/mol. The zero-order valence-electron chi connectivity index (χ0n) is 11.7. The molecule has 0 fully saturated rings. The Bertz CT molecular complexity index is 899. The summed E-state index contributed by atoms with van der Waals surface area (Å²) in [6.45, 7) is 0. The van der Waals surface area contributed by atoms with Gasteiger partial charge in [-0.1, -0.05) is 60.0 Å². The van der Waals surface area contributed by atoms with E-state index in [0.29, 0.717) is 0 Å². The third-order valence-electron chi connectivity index (χ3n) is 5.02. The van der Waals surface area contributed by atoms with Crippen LogP contribution in [0.2, 0.25) is 0 Å². The van der Waals surface area contributed by atoms with Crippen LogP contribution in [0.15, 0.2) is 93.5 Å².